The predicted molar refractivity (Wildman–Crippen MR) is 100 cm³/mol. The van der Waals surface area contributed by atoms with E-state index in [0.717, 1.165) is 25.7 Å². The van der Waals surface area contributed by atoms with Crippen molar-refractivity contribution >= 4 is 6.09 Å². The van der Waals surface area contributed by atoms with Crippen molar-refractivity contribution in [2.45, 2.75) is 97.0 Å². The van der Waals surface area contributed by atoms with Gasteiger partial charge in [-0.2, -0.15) is 5.26 Å². The zero-order chi connectivity index (χ0) is 19.9. The van der Waals surface area contributed by atoms with Crippen molar-refractivity contribution in [2.24, 2.45) is 17.8 Å². The highest BCUT2D eigenvalue weighted by molar-refractivity contribution is 5.68. The number of carbonyl (C=O) groups excluding carboxylic acids is 1. The van der Waals surface area contributed by atoms with Crippen LogP contribution in [0.2, 0.25) is 0 Å². The summed E-state index contributed by atoms with van der Waals surface area (Å²) in [5.74, 6) is -0.345. The van der Waals surface area contributed by atoms with Crippen molar-refractivity contribution in [1.29, 1.82) is 5.26 Å². The van der Waals surface area contributed by atoms with Crippen LogP contribution in [-0.4, -0.2) is 40.2 Å². The lowest BCUT2D eigenvalue weighted by molar-refractivity contribution is -0.0399. The van der Waals surface area contributed by atoms with E-state index in [4.69, 9.17) is 4.74 Å². The SMILES string of the molecule is CC(C)[C@H](NC(=O)OC(C)(C)C)[C@H](O)[C@@H](O)[C@@H](C#N)CC1CCCCC1. The summed E-state index contributed by atoms with van der Waals surface area (Å²) in [5.41, 5.74) is -0.647. The van der Waals surface area contributed by atoms with Gasteiger partial charge in [0.2, 0.25) is 0 Å². The number of aliphatic hydroxyl groups is 2. The minimum Gasteiger partial charge on any atom is -0.444 e. The van der Waals surface area contributed by atoms with Crippen LogP contribution in [0.5, 0.6) is 0 Å². The third-order valence-corrected chi connectivity index (χ3v) is 5.01. The first-order valence-corrected chi connectivity index (χ1v) is 9.80. The molecule has 4 atom stereocenters. The summed E-state index contributed by atoms with van der Waals surface area (Å²) in [4.78, 5) is 12.1. The summed E-state index contributed by atoms with van der Waals surface area (Å²) in [6, 6.07) is 1.47. The lowest BCUT2D eigenvalue weighted by Crippen LogP contribution is -2.54. The summed E-state index contributed by atoms with van der Waals surface area (Å²) < 4.78 is 5.25. The molecule has 0 aromatic heterocycles. The third-order valence-electron chi connectivity index (χ3n) is 5.01. The quantitative estimate of drug-likeness (QED) is 0.639. The summed E-state index contributed by atoms with van der Waals surface area (Å²) in [7, 11) is 0. The second kappa shape index (κ2) is 10.1. The summed E-state index contributed by atoms with van der Waals surface area (Å²) in [5, 5.41) is 33.4. The fourth-order valence-corrected chi connectivity index (χ4v) is 3.59. The molecule has 1 aliphatic rings. The van der Waals surface area contributed by atoms with E-state index in [0.29, 0.717) is 12.3 Å². The maximum Gasteiger partial charge on any atom is 0.407 e. The average molecular weight is 369 g/mol. The van der Waals surface area contributed by atoms with Gasteiger partial charge in [0.15, 0.2) is 0 Å². The topological polar surface area (TPSA) is 103 Å². The van der Waals surface area contributed by atoms with Crippen LogP contribution in [0.25, 0.3) is 0 Å². The van der Waals surface area contributed by atoms with E-state index in [1.807, 2.05) is 13.8 Å². The van der Waals surface area contributed by atoms with Crippen LogP contribution in [0.1, 0.15) is 73.1 Å². The Kier molecular flexibility index (Phi) is 8.85. The standard InChI is InChI=1S/C20H36N2O4/c1-13(2)16(22-19(25)26-20(3,4)5)18(24)17(23)15(12-21)11-14-9-7-6-8-10-14/h13-18,23-24H,6-11H2,1-5H3,(H,22,25)/t15-,16+,17+,18+/m1/s1. The van der Waals surface area contributed by atoms with E-state index in [1.54, 1.807) is 20.8 Å². The first-order valence-electron chi connectivity index (χ1n) is 9.80. The van der Waals surface area contributed by atoms with E-state index < -0.39 is 35.9 Å². The summed E-state index contributed by atoms with van der Waals surface area (Å²) in [6.07, 6.45) is 3.23. The molecule has 0 unspecified atom stereocenters. The zero-order valence-corrected chi connectivity index (χ0v) is 16.9. The van der Waals surface area contributed by atoms with Crippen molar-refractivity contribution in [3.05, 3.63) is 0 Å². The highest BCUT2D eigenvalue weighted by atomic mass is 16.6. The number of carbonyl (C=O) groups is 1. The van der Waals surface area contributed by atoms with E-state index in [-0.39, 0.29) is 5.92 Å². The Morgan fingerprint density at radius 1 is 1.19 bits per heavy atom. The Morgan fingerprint density at radius 2 is 1.77 bits per heavy atom. The van der Waals surface area contributed by atoms with Crippen LogP contribution in [0.15, 0.2) is 0 Å². The molecular formula is C20H36N2O4. The van der Waals surface area contributed by atoms with Gasteiger partial charge in [-0.1, -0.05) is 46.0 Å². The van der Waals surface area contributed by atoms with Crippen LogP contribution in [-0.2, 0) is 4.74 Å². The molecule has 0 heterocycles. The summed E-state index contributed by atoms with van der Waals surface area (Å²) >= 11 is 0. The molecule has 1 amide bonds. The molecule has 0 saturated heterocycles. The van der Waals surface area contributed by atoms with Gasteiger partial charge in [-0.3, -0.25) is 0 Å². The smallest absolute Gasteiger partial charge is 0.407 e. The first kappa shape index (κ1) is 22.7. The normalized spacial score (nSPS) is 20.7. The predicted octanol–water partition coefficient (Wildman–Crippen LogP) is 3.37. The summed E-state index contributed by atoms with van der Waals surface area (Å²) in [6.45, 7) is 8.98. The Labute approximate surface area is 157 Å². The number of alkyl carbamates (subject to hydrolysis) is 1. The van der Waals surface area contributed by atoms with E-state index in [1.165, 1.54) is 6.42 Å². The number of amides is 1. The van der Waals surface area contributed by atoms with Gasteiger partial charge in [-0.05, 0) is 39.0 Å². The van der Waals surface area contributed by atoms with Gasteiger partial charge in [0, 0.05) is 0 Å². The number of hydrogen-bond donors (Lipinski definition) is 3. The molecule has 1 rings (SSSR count). The van der Waals surface area contributed by atoms with Gasteiger partial charge in [0.1, 0.15) is 11.7 Å². The van der Waals surface area contributed by atoms with Gasteiger partial charge in [-0.15, -0.1) is 0 Å². The highest BCUT2D eigenvalue weighted by Crippen LogP contribution is 2.31. The van der Waals surface area contributed by atoms with Gasteiger partial charge >= 0.3 is 6.09 Å². The highest BCUT2D eigenvalue weighted by Gasteiger charge is 2.36. The Balaban J connectivity index is 2.73. The van der Waals surface area contributed by atoms with E-state index in [9.17, 15) is 20.3 Å². The number of aliphatic hydroxyl groups excluding tert-OH is 2. The largest absolute Gasteiger partial charge is 0.444 e. The van der Waals surface area contributed by atoms with Crippen molar-refractivity contribution in [2.75, 3.05) is 0 Å². The number of hydrogen-bond acceptors (Lipinski definition) is 5. The third kappa shape index (κ3) is 7.51. The Morgan fingerprint density at radius 3 is 2.23 bits per heavy atom. The van der Waals surface area contributed by atoms with Crippen LogP contribution in [0.4, 0.5) is 4.79 Å². The van der Waals surface area contributed by atoms with Crippen LogP contribution in [0, 0.1) is 29.1 Å². The molecule has 0 spiro atoms. The first-order chi connectivity index (χ1) is 12.0. The lowest BCUT2D eigenvalue weighted by Gasteiger charge is -2.34. The molecule has 1 fully saturated rings. The molecule has 6 heteroatoms. The number of rotatable bonds is 7. The molecule has 0 radical (unpaired) electrons. The van der Waals surface area contributed by atoms with Crippen molar-refractivity contribution in [3.8, 4) is 6.07 Å². The van der Waals surface area contributed by atoms with Crippen molar-refractivity contribution in [3.63, 3.8) is 0 Å². The Bertz CT molecular complexity index is 475. The van der Waals surface area contributed by atoms with Crippen LogP contribution in [0.3, 0.4) is 0 Å². The van der Waals surface area contributed by atoms with E-state index >= 15 is 0 Å². The van der Waals surface area contributed by atoms with Crippen LogP contribution >= 0.6 is 0 Å². The molecule has 6 nitrogen and oxygen atoms in total. The van der Waals surface area contributed by atoms with Crippen LogP contribution < -0.4 is 5.32 Å². The minimum absolute atomic E-state index is 0.124. The van der Waals surface area contributed by atoms with Gasteiger partial charge in [-0.25, -0.2) is 4.79 Å². The second-order valence-corrected chi connectivity index (χ2v) is 8.87. The number of nitriles is 1. The molecule has 26 heavy (non-hydrogen) atoms. The number of nitrogens with one attached hydrogen (secondary N) is 1. The molecule has 0 aromatic carbocycles. The maximum absolute atomic E-state index is 12.1. The van der Waals surface area contributed by atoms with Crippen molar-refractivity contribution < 1.29 is 19.7 Å². The Hall–Kier alpha value is -1.32. The average Bonchev–Trinajstić information content (AvgIpc) is 2.55. The molecule has 1 aliphatic carbocycles. The fourth-order valence-electron chi connectivity index (χ4n) is 3.59. The monoisotopic (exact) mass is 368 g/mol. The van der Waals surface area contributed by atoms with Crippen molar-refractivity contribution in [1.82, 2.24) is 5.32 Å². The molecule has 0 aromatic rings. The number of ether oxygens (including phenoxy) is 1. The molecular weight excluding hydrogens is 332 g/mol. The molecule has 3 N–H and O–H groups in total. The number of nitrogens with zero attached hydrogens (tertiary/aromatic N) is 1. The molecule has 150 valence electrons. The van der Waals surface area contributed by atoms with Gasteiger partial charge < -0.3 is 20.3 Å². The zero-order valence-electron chi connectivity index (χ0n) is 16.9. The molecule has 0 aliphatic heterocycles. The minimum atomic E-state index is -1.23. The lowest BCUT2D eigenvalue weighted by atomic mass is 9.79. The second-order valence-electron chi connectivity index (χ2n) is 8.87. The fraction of sp³-hybridized carbons (Fsp3) is 0.900. The molecule has 1 saturated carbocycles. The van der Waals surface area contributed by atoms with Gasteiger partial charge in [0.05, 0.1) is 24.1 Å². The van der Waals surface area contributed by atoms with Gasteiger partial charge in [0.25, 0.3) is 0 Å². The molecule has 0 bridgehead atoms. The maximum atomic E-state index is 12.1. The van der Waals surface area contributed by atoms with E-state index in [2.05, 4.69) is 11.4 Å².